The Morgan fingerprint density at radius 1 is 1.18 bits per heavy atom. The summed E-state index contributed by atoms with van der Waals surface area (Å²) in [6.07, 6.45) is 4.12. The average Bonchev–Trinajstić information content (AvgIpc) is 2.84. The molecule has 0 spiro atoms. The average molecular weight is 484 g/mol. The molecule has 3 aromatic rings. The molecule has 3 N–H and O–H groups in total. The van der Waals surface area contributed by atoms with Crippen LogP contribution in [0.2, 0.25) is 0 Å². The molecular weight excluding hydrogens is 454 g/mol. The van der Waals surface area contributed by atoms with Gasteiger partial charge in [0.2, 0.25) is 0 Å². The highest BCUT2D eigenvalue weighted by atomic mass is 32.2. The third kappa shape index (κ3) is 5.91. The molecule has 1 unspecified atom stereocenters. The number of amides is 1. The molecule has 9 heteroatoms. The Balaban J connectivity index is 1.23. The molecule has 1 amide bonds. The molecular formula is C25H29N3O5S. The summed E-state index contributed by atoms with van der Waals surface area (Å²) in [6.45, 7) is 2.15. The summed E-state index contributed by atoms with van der Waals surface area (Å²) in [7, 11) is -1.00. The van der Waals surface area contributed by atoms with Crippen molar-refractivity contribution in [3.05, 3.63) is 70.6 Å². The first kappa shape index (κ1) is 24.1. The van der Waals surface area contributed by atoms with Crippen LogP contribution < -0.4 is 15.6 Å². The Bertz CT molecular complexity index is 1220. The predicted octanol–water partition coefficient (Wildman–Crippen LogP) is 1.90. The first-order valence-corrected chi connectivity index (χ1v) is 12.9. The maximum atomic E-state index is 12.7. The van der Waals surface area contributed by atoms with E-state index < -0.39 is 16.9 Å². The van der Waals surface area contributed by atoms with Crippen molar-refractivity contribution in [2.75, 3.05) is 32.4 Å². The normalized spacial score (nSPS) is 16.8. The van der Waals surface area contributed by atoms with Crippen LogP contribution in [0.4, 0.5) is 0 Å². The highest BCUT2D eigenvalue weighted by molar-refractivity contribution is 7.84. The number of hydrogen-bond acceptors (Lipinski definition) is 6. The molecule has 2 aromatic carbocycles. The van der Waals surface area contributed by atoms with Gasteiger partial charge < -0.3 is 25.0 Å². The number of piperidine rings is 1. The highest BCUT2D eigenvalue weighted by Gasteiger charge is 2.23. The number of carbonyl (C=O) groups is 1. The number of β-amino-alcohol motifs (C(OH)–C–C–N with tert-alkyl or cyclic N) is 1. The lowest BCUT2D eigenvalue weighted by atomic mass is 10.1. The largest absolute Gasteiger partial charge is 0.490 e. The van der Waals surface area contributed by atoms with Crippen LogP contribution in [-0.4, -0.2) is 69.7 Å². The number of hydrogen-bond donors (Lipinski definition) is 3. The minimum Gasteiger partial charge on any atom is -0.490 e. The van der Waals surface area contributed by atoms with Gasteiger partial charge in [-0.1, -0.05) is 18.2 Å². The van der Waals surface area contributed by atoms with Crippen molar-refractivity contribution in [3.63, 3.8) is 0 Å². The minimum absolute atomic E-state index is 0.0968. The van der Waals surface area contributed by atoms with E-state index in [1.807, 2.05) is 24.3 Å². The molecule has 1 aliphatic rings. The number of nitrogens with zero attached hydrogens (tertiary/aromatic N) is 1. The van der Waals surface area contributed by atoms with Crippen LogP contribution in [0.15, 0.2) is 64.4 Å². The second-order valence-electron chi connectivity index (χ2n) is 8.48. The van der Waals surface area contributed by atoms with Gasteiger partial charge in [-0.25, -0.2) is 0 Å². The van der Waals surface area contributed by atoms with Gasteiger partial charge in [-0.3, -0.25) is 13.8 Å². The molecule has 1 saturated heterocycles. The standard InChI is InChI=1S/C25H29N3O5S/c1-34(32)20-8-6-18(7-9-20)33-19-10-12-28(13-11-19)16-17(29)14-26-25(31)23-15-27-24(30)22-5-3-2-4-21(22)23/h2-9,15,17,19,29H,10-14,16H2,1H3,(H,26,31)(H,27,30)/t17-,34?/m1/s1. The van der Waals surface area contributed by atoms with Gasteiger partial charge in [-0.2, -0.15) is 0 Å². The highest BCUT2D eigenvalue weighted by Crippen LogP contribution is 2.20. The molecule has 34 heavy (non-hydrogen) atoms. The molecule has 0 saturated carbocycles. The van der Waals surface area contributed by atoms with Crippen LogP contribution in [0.1, 0.15) is 23.2 Å². The first-order valence-electron chi connectivity index (χ1n) is 11.3. The van der Waals surface area contributed by atoms with E-state index in [-0.39, 0.29) is 24.1 Å². The summed E-state index contributed by atoms with van der Waals surface area (Å²) in [6, 6.07) is 14.3. The number of ether oxygens (including phenoxy) is 1. The van der Waals surface area contributed by atoms with Crippen molar-refractivity contribution in [1.29, 1.82) is 0 Å². The van der Waals surface area contributed by atoms with Gasteiger partial charge >= 0.3 is 0 Å². The SMILES string of the molecule is CS(=O)c1ccc(OC2CCN(C[C@H](O)CNC(=O)c3c[nH]c(=O)c4ccccc34)CC2)cc1. The number of rotatable bonds is 8. The molecule has 0 bridgehead atoms. The zero-order chi connectivity index (χ0) is 24.1. The van der Waals surface area contributed by atoms with Gasteiger partial charge in [0.25, 0.3) is 11.5 Å². The predicted molar refractivity (Wildman–Crippen MR) is 132 cm³/mol. The monoisotopic (exact) mass is 483 g/mol. The summed E-state index contributed by atoms with van der Waals surface area (Å²) in [5.74, 6) is 0.432. The van der Waals surface area contributed by atoms with Crippen molar-refractivity contribution in [3.8, 4) is 5.75 Å². The Kier molecular flexibility index (Phi) is 7.77. The van der Waals surface area contributed by atoms with Gasteiger partial charge in [-0.05, 0) is 43.2 Å². The Morgan fingerprint density at radius 3 is 2.53 bits per heavy atom. The number of carbonyl (C=O) groups excluding carboxylic acids is 1. The van der Waals surface area contributed by atoms with E-state index in [1.54, 1.807) is 30.5 Å². The lowest BCUT2D eigenvalue weighted by Crippen LogP contribution is -2.45. The zero-order valence-corrected chi connectivity index (χ0v) is 19.8. The maximum absolute atomic E-state index is 12.7. The molecule has 180 valence electrons. The van der Waals surface area contributed by atoms with Gasteiger partial charge in [0.1, 0.15) is 11.9 Å². The van der Waals surface area contributed by atoms with Crippen LogP contribution in [-0.2, 0) is 10.8 Å². The third-order valence-corrected chi connectivity index (χ3v) is 6.95. The number of aromatic amines is 1. The number of fused-ring (bicyclic) bond motifs is 1. The van der Waals surface area contributed by atoms with E-state index in [2.05, 4.69) is 15.2 Å². The number of aromatic nitrogens is 1. The van der Waals surface area contributed by atoms with E-state index in [9.17, 15) is 18.9 Å². The van der Waals surface area contributed by atoms with Crippen molar-refractivity contribution < 1.29 is 18.8 Å². The lowest BCUT2D eigenvalue weighted by molar-refractivity contribution is 0.0594. The number of benzene rings is 2. The summed E-state index contributed by atoms with van der Waals surface area (Å²) >= 11 is 0. The summed E-state index contributed by atoms with van der Waals surface area (Å²) in [5, 5.41) is 14.3. The number of aliphatic hydroxyl groups excluding tert-OH is 1. The van der Waals surface area contributed by atoms with E-state index in [0.29, 0.717) is 22.9 Å². The molecule has 0 aliphatic carbocycles. The van der Waals surface area contributed by atoms with Crippen LogP contribution in [0.5, 0.6) is 5.75 Å². The minimum atomic E-state index is -1.00. The second-order valence-corrected chi connectivity index (χ2v) is 9.86. The molecule has 0 radical (unpaired) electrons. The number of likely N-dealkylation sites (tertiary alicyclic amines) is 1. The van der Waals surface area contributed by atoms with Crippen LogP contribution in [0.25, 0.3) is 10.8 Å². The number of H-pyrrole nitrogens is 1. The van der Waals surface area contributed by atoms with E-state index in [4.69, 9.17) is 4.74 Å². The van der Waals surface area contributed by atoms with Crippen LogP contribution in [0.3, 0.4) is 0 Å². The van der Waals surface area contributed by atoms with Crippen molar-refractivity contribution in [2.24, 2.45) is 0 Å². The molecule has 4 rings (SSSR count). The van der Waals surface area contributed by atoms with Crippen LogP contribution in [0, 0.1) is 0 Å². The van der Waals surface area contributed by atoms with E-state index in [0.717, 1.165) is 36.6 Å². The van der Waals surface area contributed by atoms with Gasteiger partial charge in [0.05, 0.1) is 11.7 Å². The molecule has 8 nitrogen and oxygen atoms in total. The second kappa shape index (κ2) is 10.9. The summed E-state index contributed by atoms with van der Waals surface area (Å²) in [4.78, 5) is 30.1. The summed E-state index contributed by atoms with van der Waals surface area (Å²) < 4.78 is 17.5. The van der Waals surface area contributed by atoms with Crippen molar-refractivity contribution in [1.82, 2.24) is 15.2 Å². The number of nitrogens with one attached hydrogen (secondary N) is 2. The fraction of sp³-hybridized carbons (Fsp3) is 0.360. The Morgan fingerprint density at radius 2 is 1.85 bits per heavy atom. The molecule has 1 fully saturated rings. The van der Waals surface area contributed by atoms with Crippen molar-refractivity contribution in [2.45, 2.75) is 29.9 Å². The zero-order valence-electron chi connectivity index (χ0n) is 19.0. The smallest absolute Gasteiger partial charge is 0.255 e. The fourth-order valence-corrected chi connectivity index (χ4v) is 4.70. The Labute approximate surface area is 200 Å². The van der Waals surface area contributed by atoms with Crippen LogP contribution >= 0.6 is 0 Å². The first-order chi connectivity index (χ1) is 16.4. The Hall–Kier alpha value is -3.01. The van der Waals surface area contributed by atoms with E-state index >= 15 is 0 Å². The topological polar surface area (TPSA) is 112 Å². The van der Waals surface area contributed by atoms with Crippen molar-refractivity contribution >= 4 is 27.5 Å². The summed E-state index contributed by atoms with van der Waals surface area (Å²) in [5.41, 5.74) is 0.132. The number of aliphatic hydroxyl groups is 1. The lowest BCUT2D eigenvalue weighted by Gasteiger charge is -2.33. The molecule has 2 heterocycles. The third-order valence-electron chi connectivity index (χ3n) is 6.01. The van der Waals surface area contributed by atoms with Gasteiger partial charge in [0, 0.05) is 65.1 Å². The van der Waals surface area contributed by atoms with Gasteiger partial charge in [0.15, 0.2) is 0 Å². The molecule has 2 atom stereocenters. The fourth-order valence-electron chi connectivity index (χ4n) is 4.18. The van der Waals surface area contributed by atoms with Gasteiger partial charge in [-0.15, -0.1) is 0 Å². The van der Waals surface area contributed by atoms with E-state index in [1.165, 1.54) is 6.20 Å². The molecule has 1 aliphatic heterocycles. The quantitative estimate of drug-likeness (QED) is 0.451. The maximum Gasteiger partial charge on any atom is 0.255 e. The molecule has 1 aromatic heterocycles. The number of pyridine rings is 1.